The summed E-state index contributed by atoms with van der Waals surface area (Å²) in [4.78, 5) is 14.1. The zero-order valence-corrected chi connectivity index (χ0v) is 24.7. The summed E-state index contributed by atoms with van der Waals surface area (Å²) in [6.07, 6.45) is 19.2. The van der Waals surface area contributed by atoms with Crippen LogP contribution in [-0.4, -0.2) is 45.4 Å². The third-order valence-electron chi connectivity index (χ3n) is 7.15. The van der Waals surface area contributed by atoms with Gasteiger partial charge in [-0.05, 0) is 31.4 Å². The van der Waals surface area contributed by atoms with Crippen molar-refractivity contribution < 1.29 is 23.2 Å². The lowest BCUT2D eigenvalue weighted by Crippen LogP contribution is -2.35. The minimum absolute atomic E-state index is 0.135. The van der Waals surface area contributed by atoms with E-state index in [2.05, 4.69) is 23.1 Å². The summed E-state index contributed by atoms with van der Waals surface area (Å²) in [7, 11) is -2.93. The number of aromatic nitrogens is 3. The number of phosphoric ester groups is 1. The van der Waals surface area contributed by atoms with E-state index in [1.165, 1.54) is 84.1 Å². The monoisotopic (exact) mass is 565 g/mol. The van der Waals surface area contributed by atoms with Crippen LogP contribution in [-0.2, 0) is 24.8 Å². The van der Waals surface area contributed by atoms with Crippen LogP contribution in [0, 0.1) is 11.3 Å². The Morgan fingerprint density at radius 2 is 1.59 bits per heavy atom. The number of hydrogen-bond acceptors (Lipinski definition) is 8. The number of unbranched alkanes of at least 4 members (excludes halogenated alkanes) is 13. The topological polar surface area (TPSA) is 145 Å². The van der Waals surface area contributed by atoms with Gasteiger partial charge in [0.25, 0.3) is 0 Å². The maximum absolute atomic E-state index is 12.4. The van der Waals surface area contributed by atoms with Crippen LogP contribution in [0.2, 0.25) is 0 Å². The maximum atomic E-state index is 12.4. The van der Waals surface area contributed by atoms with Gasteiger partial charge in [0.15, 0.2) is 11.4 Å². The number of anilines is 1. The van der Waals surface area contributed by atoms with Gasteiger partial charge in [-0.1, -0.05) is 90.4 Å². The van der Waals surface area contributed by atoms with Gasteiger partial charge in [0.1, 0.15) is 24.5 Å². The van der Waals surface area contributed by atoms with Crippen LogP contribution in [0.4, 0.5) is 5.82 Å². The highest BCUT2D eigenvalue weighted by atomic mass is 31.2. The van der Waals surface area contributed by atoms with E-state index >= 15 is 0 Å². The molecule has 0 saturated heterocycles. The highest BCUT2D eigenvalue weighted by Gasteiger charge is 2.35. The first-order chi connectivity index (χ1) is 18.9. The number of hydrogen-bond donors (Lipinski definition) is 2. The molecule has 1 unspecified atom stereocenters. The Labute approximate surface area is 233 Å². The van der Waals surface area contributed by atoms with Crippen molar-refractivity contribution in [2.75, 3.05) is 26.1 Å². The molecular weight excluding hydrogens is 517 g/mol. The average Bonchev–Trinajstić information content (AvgIpc) is 3.36. The highest BCUT2D eigenvalue weighted by molar-refractivity contribution is 7.47. The number of ether oxygens (including phenoxy) is 1. The molecule has 2 heterocycles. The molecule has 0 fully saturated rings. The van der Waals surface area contributed by atoms with Gasteiger partial charge in [0.05, 0.1) is 6.61 Å². The van der Waals surface area contributed by atoms with Crippen molar-refractivity contribution in [2.45, 2.75) is 115 Å². The molecule has 3 N–H and O–H groups in total. The van der Waals surface area contributed by atoms with E-state index in [4.69, 9.17) is 19.5 Å². The van der Waals surface area contributed by atoms with Gasteiger partial charge in [-0.25, -0.2) is 14.1 Å². The molecule has 2 aromatic rings. The minimum atomic E-state index is -4.30. The number of nitrogens with zero attached hydrogens (tertiary/aromatic N) is 4. The van der Waals surface area contributed by atoms with Crippen molar-refractivity contribution in [3.05, 3.63) is 24.2 Å². The molecule has 0 aromatic carbocycles. The number of nitrogens with two attached hydrogens (primary N) is 1. The standard InChI is InChI=1S/C28H48N5O5P/c1-3-4-5-6-7-8-9-10-11-12-13-14-15-16-21-37-39(34,35)38-23-28(22-29,36-2)20-19-25-17-18-26-27(30)31-24-32-33(25)26/h17-18,24H,3-16,19-21,23H2,1-2H3,(H,34,35)(H2,30,31,32)/t28-/m1/s1. The van der Waals surface area contributed by atoms with E-state index in [1.54, 1.807) is 10.6 Å². The lowest BCUT2D eigenvalue weighted by Gasteiger charge is -2.25. The Morgan fingerprint density at radius 1 is 1.00 bits per heavy atom. The molecular formula is C28H48N5O5P. The molecule has 0 aliphatic heterocycles. The Balaban J connectivity index is 1.59. The van der Waals surface area contributed by atoms with Gasteiger partial charge in [-0.2, -0.15) is 10.4 Å². The van der Waals surface area contributed by atoms with Gasteiger partial charge in [-0.15, -0.1) is 0 Å². The van der Waals surface area contributed by atoms with Crippen molar-refractivity contribution in [3.63, 3.8) is 0 Å². The molecule has 0 radical (unpaired) electrons. The van der Waals surface area contributed by atoms with Crippen LogP contribution >= 0.6 is 7.82 Å². The Bertz CT molecular complexity index is 1040. The molecule has 2 atom stereocenters. The van der Waals surface area contributed by atoms with E-state index in [0.717, 1.165) is 18.5 Å². The molecule has 11 heteroatoms. The molecule has 0 amide bonds. The first-order valence-corrected chi connectivity index (χ1v) is 16.0. The number of phosphoric acid groups is 1. The normalized spacial score (nSPS) is 14.7. The third kappa shape index (κ3) is 12.4. The summed E-state index contributed by atoms with van der Waals surface area (Å²) in [6.45, 7) is 1.99. The summed E-state index contributed by atoms with van der Waals surface area (Å²) < 4.78 is 29.7. The van der Waals surface area contributed by atoms with E-state index in [0.29, 0.717) is 24.2 Å². The van der Waals surface area contributed by atoms with E-state index in [1.807, 2.05) is 6.07 Å². The van der Waals surface area contributed by atoms with Crippen molar-refractivity contribution in [1.29, 1.82) is 5.26 Å². The SMILES string of the molecule is CCCCCCCCCCCCCCCCOP(=O)(O)OC[C@](C#N)(CCc1ccc2c(N)ncnn12)OC. The van der Waals surface area contributed by atoms with E-state index in [-0.39, 0.29) is 13.0 Å². The fourth-order valence-electron chi connectivity index (χ4n) is 4.59. The lowest BCUT2D eigenvalue weighted by atomic mass is 9.99. The largest absolute Gasteiger partial charge is 0.472 e. The van der Waals surface area contributed by atoms with Gasteiger partial charge in [0.2, 0.25) is 0 Å². The fraction of sp³-hybridized carbons (Fsp3) is 0.750. The fourth-order valence-corrected chi connectivity index (χ4v) is 5.40. The molecule has 10 nitrogen and oxygen atoms in total. The lowest BCUT2D eigenvalue weighted by molar-refractivity contribution is -0.0166. The summed E-state index contributed by atoms with van der Waals surface area (Å²) in [6, 6.07) is 5.72. The van der Waals surface area contributed by atoms with Crippen LogP contribution < -0.4 is 5.73 Å². The van der Waals surface area contributed by atoms with Crippen molar-refractivity contribution in [3.8, 4) is 6.07 Å². The zero-order valence-electron chi connectivity index (χ0n) is 23.9. The van der Waals surface area contributed by atoms with Gasteiger partial charge in [0, 0.05) is 12.8 Å². The second-order valence-corrected chi connectivity index (χ2v) is 11.7. The Morgan fingerprint density at radius 3 is 2.15 bits per heavy atom. The molecule has 0 spiro atoms. The number of nitrogen functional groups attached to an aromatic ring is 1. The van der Waals surface area contributed by atoms with Gasteiger partial charge >= 0.3 is 7.82 Å². The molecule has 220 valence electrons. The molecule has 0 bridgehead atoms. The molecule has 2 rings (SSSR count). The highest BCUT2D eigenvalue weighted by Crippen LogP contribution is 2.44. The smallest absolute Gasteiger partial charge is 0.382 e. The predicted octanol–water partition coefficient (Wildman–Crippen LogP) is 6.77. The van der Waals surface area contributed by atoms with Crippen LogP contribution in [0.5, 0.6) is 0 Å². The Kier molecular flexibility index (Phi) is 15.6. The summed E-state index contributed by atoms with van der Waals surface area (Å²) in [5, 5.41) is 14.0. The predicted molar refractivity (Wildman–Crippen MR) is 153 cm³/mol. The number of fused-ring (bicyclic) bond motifs is 1. The number of nitriles is 1. The second-order valence-electron chi connectivity index (χ2n) is 10.2. The minimum Gasteiger partial charge on any atom is -0.382 e. The maximum Gasteiger partial charge on any atom is 0.472 e. The quantitative estimate of drug-likeness (QED) is 0.110. The first kappa shape index (κ1) is 33.2. The number of rotatable bonds is 23. The van der Waals surface area contributed by atoms with Gasteiger partial charge < -0.3 is 15.4 Å². The second kappa shape index (κ2) is 18.4. The third-order valence-corrected chi connectivity index (χ3v) is 8.12. The molecule has 2 aromatic heterocycles. The molecule has 39 heavy (non-hydrogen) atoms. The van der Waals surface area contributed by atoms with Crippen molar-refractivity contribution in [1.82, 2.24) is 14.6 Å². The number of aryl methyl sites for hydroxylation is 1. The van der Waals surface area contributed by atoms with Crippen molar-refractivity contribution >= 4 is 19.2 Å². The first-order valence-electron chi connectivity index (χ1n) is 14.5. The van der Waals surface area contributed by atoms with Gasteiger partial charge in [-0.3, -0.25) is 9.05 Å². The van der Waals surface area contributed by atoms with E-state index in [9.17, 15) is 14.7 Å². The van der Waals surface area contributed by atoms with Crippen LogP contribution in [0.25, 0.3) is 5.52 Å². The summed E-state index contributed by atoms with van der Waals surface area (Å²) >= 11 is 0. The zero-order chi connectivity index (χ0) is 28.4. The van der Waals surface area contributed by atoms with Crippen LogP contribution in [0.3, 0.4) is 0 Å². The molecule has 0 saturated carbocycles. The Hall–Kier alpha value is -2.02. The van der Waals surface area contributed by atoms with Crippen LogP contribution in [0.1, 0.15) is 109 Å². The van der Waals surface area contributed by atoms with Crippen molar-refractivity contribution in [2.24, 2.45) is 0 Å². The molecule has 0 aliphatic carbocycles. The average molecular weight is 566 g/mol. The summed E-state index contributed by atoms with van der Waals surface area (Å²) in [5.41, 5.74) is 5.93. The summed E-state index contributed by atoms with van der Waals surface area (Å²) in [5.74, 6) is 0.357. The van der Waals surface area contributed by atoms with E-state index < -0.39 is 20.0 Å². The molecule has 0 aliphatic rings. The van der Waals surface area contributed by atoms with Crippen LogP contribution in [0.15, 0.2) is 18.5 Å². The number of methoxy groups -OCH3 is 1.